The first-order valence-electron chi connectivity index (χ1n) is 6.29. The van der Waals surface area contributed by atoms with Gasteiger partial charge in [0, 0.05) is 17.4 Å². The van der Waals surface area contributed by atoms with Gasteiger partial charge in [-0.05, 0) is 29.7 Å². The Kier molecular flexibility index (Phi) is 5.16. The molecule has 98 valence electrons. The first-order chi connectivity index (χ1) is 9.24. The quantitative estimate of drug-likeness (QED) is 0.895. The summed E-state index contributed by atoms with van der Waals surface area (Å²) in [5, 5.41) is 2.94. The van der Waals surface area contributed by atoms with Crippen LogP contribution in [-0.4, -0.2) is 5.91 Å². The second kappa shape index (κ2) is 7.10. The van der Waals surface area contributed by atoms with E-state index in [-0.39, 0.29) is 5.91 Å². The Balaban J connectivity index is 1.76. The van der Waals surface area contributed by atoms with Crippen LogP contribution in [0, 0.1) is 0 Å². The van der Waals surface area contributed by atoms with Crippen LogP contribution in [-0.2, 0) is 17.8 Å². The van der Waals surface area contributed by atoms with E-state index in [1.807, 2.05) is 54.6 Å². The molecule has 19 heavy (non-hydrogen) atoms. The fourth-order valence-corrected chi connectivity index (χ4v) is 2.29. The molecule has 0 saturated heterocycles. The van der Waals surface area contributed by atoms with Crippen molar-refractivity contribution in [2.75, 3.05) is 0 Å². The summed E-state index contributed by atoms with van der Waals surface area (Å²) in [6.45, 7) is 0.576. The van der Waals surface area contributed by atoms with Crippen molar-refractivity contribution >= 4 is 21.8 Å². The van der Waals surface area contributed by atoms with Gasteiger partial charge in [0.25, 0.3) is 0 Å². The van der Waals surface area contributed by atoms with Crippen molar-refractivity contribution in [3.05, 3.63) is 70.2 Å². The minimum absolute atomic E-state index is 0.0869. The highest BCUT2D eigenvalue weighted by atomic mass is 79.9. The molecule has 2 aromatic carbocycles. The highest BCUT2D eigenvalue weighted by Gasteiger charge is 2.02. The molecule has 0 radical (unpaired) electrons. The number of aryl methyl sites for hydroxylation is 1. The van der Waals surface area contributed by atoms with Gasteiger partial charge in [-0.2, -0.15) is 0 Å². The van der Waals surface area contributed by atoms with Crippen molar-refractivity contribution < 1.29 is 4.79 Å². The summed E-state index contributed by atoms with van der Waals surface area (Å²) < 4.78 is 1.03. The normalized spacial score (nSPS) is 10.2. The minimum atomic E-state index is 0.0869. The van der Waals surface area contributed by atoms with Gasteiger partial charge >= 0.3 is 0 Å². The van der Waals surface area contributed by atoms with E-state index < -0.39 is 0 Å². The van der Waals surface area contributed by atoms with Crippen molar-refractivity contribution in [2.45, 2.75) is 19.4 Å². The maximum Gasteiger partial charge on any atom is 0.220 e. The summed E-state index contributed by atoms with van der Waals surface area (Å²) in [5.41, 5.74) is 2.29. The molecular weight excluding hydrogens is 302 g/mol. The summed E-state index contributed by atoms with van der Waals surface area (Å²) in [5.74, 6) is 0.0869. The first kappa shape index (κ1) is 13.8. The summed E-state index contributed by atoms with van der Waals surface area (Å²) in [4.78, 5) is 11.8. The third-order valence-electron chi connectivity index (χ3n) is 2.86. The molecule has 0 heterocycles. The van der Waals surface area contributed by atoms with Crippen LogP contribution in [0.3, 0.4) is 0 Å². The van der Waals surface area contributed by atoms with E-state index in [2.05, 4.69) is 21.2 Å². The molecule has 0 bridgehead atoms. The fourth-order valence-electron chi connectivity index (χ4n) is 1.84. The van der Waals surface area contributed by atoms with Gasteiger partial charge < -0.3 is 5.32 Å². The highest BCUT2D eigenvalue weighted by molar-refractivity contribution is 9.10. The average Bonchev–Trinajstić information content (AvgIpc) is 2.44. The number of nitrogens with one attached hydrogen (secondary N) is 1. The number of carbonyl (C=O) groups is 1. The van der Waals surface area contributed by atoms with Gasteiger partial charge in [-0.25, -0.2) is 0 Å². The zero-order chi connectivity index (χ0) is 13.5. The first-order valence-corrected chi connectivity index (χ1v) is 7.08. The molecule has 2 nitrogen and oxygen atoms in total. The van der Waals surface area contributed by atoms with Crippen LogP contribution >= 0.6 is 15.9 Å². The van der Waals surface area contributed by atoms with Gasteiger partial charge in [-0.3, -0.25) is 4.79 Å². The van der Waals surface area contributed by atoms with Crippen LogP contribution in [0.15, 0.2) is 59.1 Å². The zero-order valence-corrected chi connectivity index (χ0v) is 12.2. The number of halogens is 1. The predicted octanol–water partition coefficient (Wildman–Crippen LogP) is 3.70. The zero-order valence-electron chi connectivity index (χ0n) is 10.6. The Labute approximate surface area is 122 Å². The minimum Gasteiger partial charge on any atom is -0.352 e. The largest absolute Gasteiger partial charge is 0.352 e. The molecular formula is C16H16BrNO. The summed E-state index contributed by atoms with van der Waals surface area (Å²) in [6, 6.07) is 18.0. The molecule has 0 atom stereocenters. The summed E-state index contributed by atoms with van der Waals surface area (Å²) in [7, 11) is 0. The van der Waals surface area contributed by atoms with Gasteiger partial charge in [0.1, 0.15) is 0 Å². The van der Waals surface area contributed by atoms with Crippen molar-refractivity contribution in [3.8, 4) is 0 Å². The number of amides is 1. The molecule has 2 aromatic rings. The van der Waals surface area contributed by atoms with E-state index in [1.54, 1.807) is 0 Å². The Bertz CT molecular complexity index is 539. The number of carbonyl (C=O) groups excluding carboxylic acids is 1. The molecule has 0 spiro atoms. The number of rotatable bonds is 5. The Morgan fingerprint density at radius 3 is 2.47 bits per heavy atom. The fraction of sp³-hybridized carbons (Fsp3) is 0.188. The van der Waals surface area contributed by atoms with Crippen LogP contribution in [0.1, 0.15) is 17.5 Å². The van der Waals surface area contributed by atoms with Crippen LogP contribution in [0.2, 0.25) is 0 Å². The second-order valence-electron chi connectivity index (χ2n) is 4.39. The van der Waals surface area contributed by atoms with Gasteiger partial charge in [-0.1, -0.05) is 58.4 Å². The van der Waals surface area contributed by atoms with Crippen molar-refractivity contribution in [2.24, 2.45) is 0 Å². The molecule has 0 aliphatic rings. The van der Waals surface area contributed by atoms with Crippen LogP contribution in [0.25, 0.3) is 0 Å². The van der Waals surface area contributed by atoms with Crippen molar-refractivity contribution in [1.82, 2.24) is 5.32 Å². The molecule has 0 unspecified atom stereocenters. The number of hydrogen-bond donors (Lipinski definition) is 1. The van der Waals surface area contributed by atoms with Crippen LogP contribution in [0.5, 0.6) is 0 Å². The molecule has 3 heteroatoms. The van der Waals surface area contributed by atoms with E-state index in [0.717, 1.165) is 16.5 Å². The third kappa shape index (κ3) is 4.87. The van der Waals surface area contributed by atoms with E-state index >= 15 is 0 Å². The lowest BCUT2D eigenvalue weighted by Crippen LogP contribution is -2.22. The van der Waals surface area contributed by atoms with Gasteiger partial charge in [0.2, 0.25) is 5.91 Å². The lowest BCUT2D eigenvalue weighted by molar-refractivity contribution is -0.121. The van der Waals surface area contributed by atoms with Gasteiger partial charge in [0.05, 0.1) is 0 Å². The summed E-state index contributed by atoms with van der Waals surface area (Å²) >= 11 is 3.42. The molecule has 2 rings (SSSR count). The Hall–Kier alpha value is -1.61. The molecule has 1 amide bonds. The Morgan fingerprint density at radius 1 is 1.00 bits per heavy atom. The smallest absolute Gasteiger partial charge is 0.220 e. The van der Waals surface area contributed by atoms with Crippen LogP contribution < -0.4 is 5.32 Å². The lowest BCUT2D eigenvalue weighted by atomic mass is 10.1. The maximum atomic E-state index is 11.8. The molecule has 0 aliphatic carbocycles. The average molecular weight is 318 g/mol. The second-order valence-corrected chi connectivity index (χ2v) is 5.31. The third-order valence-corrected chi connectivity index (χ3v) is 3.36. The van der Waals surface area contributed by atoms with Gasteiger partial charge in [0.15, 0.2) is 0 Å². The molecule has 0 aliphatic heterocycles. The topological polar surface area (TPSA) is 29.1 Å². The van der Waals surface area contributed by atoms with E-state index in [0.29, 0.717) is 13.0 Å². The Morgan fingerprint density at radius 2 is 1.74 bits per heavy atom. The van der Waals surface area contributed by atoms with Crippen LogP contribution in [0.4, 0.5) is 0 Å². The standard InChI is InChI=1S/C16H16BrNO/c17-15-8-4-7-14(11-15)12-18-16(19)10-9-13-5-2-1-3-6-13/h1-8,11H,9-10,12H2,(H,18,19). The SMILES string of the molecule is O=C(CCc1ccccc1)NCc1cccc(Br)c1. The predicted molar refractivity (Wildman–Crippen MR) is 80.8 cm³/mol. The number of hydrogen-bond acceptors (Lipinski definition) is 1. The highest BCUT2D eigenvalue weighted by Crippen LogP contribution is 2.11. The lowest BCUT2D eigenvalue weighted by Gasteiger charge is -2.06. The molecule has 0 aromatic heterocycles. The van der Waals surface area contributed by atoms with Crippen molar-refractivity contribution in [1.29, 1.82) is 0 Å². The van der Waals surface area contributed by atoms with E-state index in [1.165, 1.54) is 5.56 Å². The molecule has 1 N–H and O–H groups in total. The summed E-state index contributed by atoms with van der Waals surface area (Å²) in [6.07, 6.45) is 1.31. The van der Waals surface area contributed by atoms with Crippen molar-refractivity contribution in [3.63, 3.8) is 0 Å². The van der Waals surface area contributed by atoms with E-state index in [9.17, 15) is 4.79 Å². The van der Waals surface area contributed by atoms with E-state index in [4.69, 9.17) is 0 Å². The monoisotopic (exact) mass is 317 g/mol. The van der Waals surface area contributed by atoms with Gasteiger partial charge in [-0.15, -0.1) is 0 Å². The number of benzene rings is 2. The molecule has 0 saturated carbocycles. The molecule has 0 fully saturated rings. The maximum absolute atomic E-state index is 11.8.